The maximum atomic E-state index is 11.5. The summed E-state index contributed by atoms with van der Waals surface area (Å²) in [4.78, 5) is 20.8. The minimum absolute atomic E-state index is 0.112. The summed E-state index contributed by atoms with van der Waals surface area (Å²) in [5.74, 6) is 0.634. The number of anilines is 1. The molecule has 0 fully saturated rings. The molecule has 0 aliphatic carbocycles. The Bertz CT molecular complexity index is 620. The van der Waals surface area contributed by atoms with Crippen molar-refractivity contribution in [3.05, 3.63) is 41.6 Å². The van der Waals surface area contributed by atoms with Crippen LogP contribution in [0.3, 0.4) is 0 Å². The number of nitrogens with one attached hydrogen (secondary N) is 2. The molecule has 0 radical (unpaired) electrons. The molecule has 2 rings (SSSR count). The highest BCUT2D eigenvalue weighted by molar-refractivity contribution is 14.1. The summed E-state index contributed by atoms with van der Waals surface area (Å²) in [5, 5.41) is 3.29. The predicted octanol–water partition coefficient (Wildman–Crippen LogP) is 3.23. The van der Waals surface area contributed by atoms with Crippen LogP contribution in [0.15, 0.2) is 17.2 Å². The third kappa shape index (κ3) is 2.74. The molecule has 96 valence electrons. The fraction of sp³-hybridized carbons (Fsp3) is 0.333. The second-order valence-electron chi connectivity index (χ2n) is 4.13. The zero-order valence-electron chi connectivity index (χ0n) is 10.4. The van der Waals surface area contributed by atoms with E-state index in [1.54, 1.807) is 11.3 Å². The van der Waals surface area contributed by atoms with E-state index >= 15 is 0 Å². The van der Waals surface area contributed by atoms with Gasteiger partial charge in [-0.2, -0.15) is 0 Å². The van der Waals surface area contributed by atoms with E-state index < -0.39 is 0 Å². The lowest BCUT2D eigenvalue weighted by Gasteiger charge is -2.15. The standard InChI is InChI=1S/C12H14IN3OS/c1-6-4-9(8(3)18-6)7(2)16-11-10(13)12(17)15-5-14-11/h4-5,7H,1-3H3,(H2,14,15,16,17). The van der Waals surface area contributed by atoms with Gasteiger partial charge in [-0.1, -0.05) is 0 Å². The Labute approximate surface area is 123 Å². The van der Waals surface area contributed by atoms with Crippen LogP contribution in [0.1, 0.15) is 28.3 Å². The summed E-state index contributed by atoms with van der Waals surface area (Å²) < 4.78 is 0.589. The minimum Gasteiger partial charge on any atom is -0.362 e. The monoisotopic (exact) mass is 375 g/mol. The average molecular weight is 375 g/mol. The predicted molar refractivity (Wildman–Crippen MR) is 83.4 cm³/mol. The normalized spacial score (nSPS) is 12.4. The molecule has 4 nitrogen and oxygen atoms in total. The van der Waals surface area contributed by atoms with Gasteiger partial charge >= 0.3 is 0 Å². The third-order valence-electron chi connectivity index (χ3n) is 2.70. The lowest BCUT2D eigenvalue weighted by Crippen LogP contribution is -2.16. The van der Waals surface area contributed by atoms with Crippen molar-refractivity contribution < 1.29 is 0 Å². The highest BCUT2D eigenvalue weighted by atomic mass is 127. The number of hydrogen-bond acceptors (Lipinski definition) is 4. The van der Waals surface area contributed by atoms with Gasteiger partial charge in [0.05, 0.1) is 12.4 Å². The molecule has 18 heavy (non-hydrogen) atoms. The van der Waals surface area contributed by atoms with Crippen molar-refractivity contribution in [1.82, 2.24) is 9.97 Å². The third-order valence-corrected chi connectivity index (χ3v) is 4.68. The first kappa shape index (κ1) is 13.5. The van der Waals surface area contributed by atoms with Gasteiger partial charge in [0.1, 0.15) is 9.39 Å². The number of aromatic nitrogens is 2. The summed E-state index contributed by atoms with van der Waals surface area (Å²) in [5.41, 5.74) is 1.15. The highest BCUT2D eigenvalue weighted by Crippen LogP contribution is 2.28. The summed E-state index contributed by atoms with van der Waals surface area (Å²) in [6, 6.07) is 2.32. The van der Waals surface area contributed by atoms with Crippen molar-refractivity contribution >= 4 is 39.7 Å². The molecule has 1 unspecified atom stereocenters. The maximum absolute atomic E-state index is 11.5. The summed E-state index contributed by atoms with van der Waals surface area (Å²) in [7, 11) is 0. The maximum Gasteiger partial charge on any atom is 0.266 e. The number of thiophene rings is 1. The molecular weight excluding hydrogens is 361 g/mol. The van der Waals surface area contributed by atoms with Crippen molar-refractivity contribution in [1.29, 1.82) is 0 Å². The number of nitrogens with zero attached hydrogens (tertiary/aromatic N) is 1. The second-order valence-corrected chi connectivity index (χ2v) is 6.67. The van der Waals surface area contributed by atoms with Crippen LogP contribution in [0.5, 0.6) is 0 Å². The van der Waals surface area contributed by atoms with Gasteiger partial charge in [0.15, 0.2) is 0 Å². The van der Waals surface area contributed by atoms with E-state index in [4.69, 9.17) is 0 Å². The van der Waals surface area contributed by atoms with E-state index in [1.807, 2.05) is 22.6 Å². The fourth-order valence-electron chi connectivity index (χ4n) is 1.85. The Balaban J connectivity index is 2.26. The zero-order chi connectivity index (χ0) is 13.3. The van der Waals surface area contributed by atoms with Gasteiger partial charge in [0.2, 0.25) is 0 Å². The van der Waals surface area contributed by atoms with Gasteiger partial charge in [-0.25, -0.2) is 4.98 Å². The van der Waals surface area contributed by atoms with Crippen LogP contribution in [0, 0.1) is 17.4 Å². The smallest absolute Gasteiger partial charge is 0.266 e. The molecule has 1 atom stereocenters. The first-order valence-corrected chi connectivity index (χ1v) is 7.45. The van der Waals surface area contributed by atoms with Gasteiger partial charge in [-0.15, -0.1) is 11.3 Å². The van der Waals surface area contributed by atoms with Gasteiger partial charge in [0, 0.05) is 9.75 Å². The Kier molecular flexibility index (Phi) is 4.06. The fourth-order valence-corrected chi connectivity index (χ4v) is 3.32. The van der Waals surface area contributed by atoms with Crippen LogP contribution >= 0.6 is 33.9 Å². The Morgan fingerprint density at radius 1 is 1.50 bits per heavy atom. The van der Waals surface area contributed by atoms with Gasteiger partial charge in [0.25, 0.3) is 5.56 Å². The number of H-pyrrole nitrogens is 1. The molecule has 6 heteroatoms. The largest absolute Gasteiger partial charge is 0.362 e. The molecule has 0 spiro atoms. The molecule has 0 saturated carbocycles. The quantitative estimate of drug-likeness (QED) is 0.810. The summed E-state index contributed by atoms with van der Waals surface area (Å²) in [6.45, 7) is 6.29. The molecule has 0 saturated heterocycles. The lowest BCUT2D eigenvalue weighted by molar-refractivity contribution is 0.864. The molecule has 0 aliphatic heterocycles. The van der Waals surface area contributed by atoms with E-state index in [2.05, 4.69) is 42.1 Å². The van der Waals surface area contributed by atoms with Crippen molar-refractivity contribution in [2.24, 2.45) is 0 Å². The zero-order valence-corrected chi connectivity index (χ0v) is 13.3. The Morgan fingerprint density at radius 2 is 2.22 bits per heavy atom. The van der Waals surface area contributed by atoms with Crippen LogP contribution in [-0.2, 0) is 0 Å². The first-order chi connectivity index (χ1) is 8.49. The van der Waals surface area contributed by atoms with Crippen LogP contribution < -0.4 is 10.9 Å². The highest BCUT2D eigenvalue weighted by Gasteiger charge is 2.13. The molecule has 2 aromatic rings. The summed E-state index contributed by atoms with van der Waals surface area (Å²) >= 11 is 3.79. The average Bonchev–Trinajstić information content (AvgIpc) is 2.64. The molecule has 0 amide bonds. The van der Waals surface area contributed by atoms with Gasteiger partial charge in [-0.05, 0) is 55.0 Å². The van der Waals surface area contributed by atoms with Crippen molar-refractivity contribution in [3.8, 4) is 0 Å². The number of rotatable bonds is 3. The summed E-state index contributed by atoms with van der Waals surface area (Å²) in [6.07, 6.45) is 1.42. The molecule has 0 bridgehead atoms. The van der Waals surface area contributed by atoms with Crippen molar-refractivity contribution in [3.63, 3.8) is 0 Å². The van der Waals surface area contributed by atoms with Crippen LogP contribution in [0.4, 0.5) is 5.82 Å². The van der Waals surface area contributed by atoms with Gasteiger partial charge in [-0.3, -0.25) is 4.79 Å². The van der Waals surface area contributed by atoms with Crippen LogP contribution in [0.25, 0.3) is 0 Å². The first-order valence-electron chi connectivity index (χ1n) is 5.55. The molecule has 2 aromatic heterocycles. The minimum atomic E-state index is -0.112. The molecular formula is C12H14IN3OS. The van der Waals surface area contributed by atoms with E-state index in [0.717, 1.165) is 0 Å². The number of hydrogen-bond donors (Lipinski definition) is 2. The SMILES string of the molecule is Cc1cc(C(C)Nc2nc[nH]c(=O)c2I)c(C)s1. The van der Waals surface area contributed by atoms with Crippen LogP contribution in [-0.4, -0.2) is 9.97 Å². The van der Waals surface area contributed by atoms with Crippen molar-refractivity contribution in [2.75, 3.05) is 5.32 Å². The van der Waals surface area contributed by atoms with E-state index in [1.165, 1.54) is 21.6 Å². The second kappa shape index (κ2) is 5.40. The van der Waals surface area contributed by atoms with E-state index in [0.29, 0.717) is 9.39 Å². The van der Waals surface area contributed by atoms with Gasteiger partial charge < -0.3 is 10.3 Å². The Hall–Kier alpha value is -0.890. The van der Waals surface area contributed by atoms with E-state index in [9.17, 15) is 4.79 Å². The molecule has 2 heterocycles. The lowest BCUT2D eigenvalue weighted by atomic mass is 10.1. The molecule has 2 N–H and O–H groups in total. The topological polar surface area (TPSA) is 57.8 Å². The number of aryl methyl sites for hydroxylation is 2. The number of aromatic amines is 1. The van der Waals surface area contributed by atoms with Crippen molar-refractivity contribution in [2.45, 2.75) is 26.8 Å². The molecule has 0 aliphatic rings. The molecule has 0 aromatic carbocycles. The van der Waals surface area contributed by atoms with Crippen LogP contribution in [0.2, 0.25) is 0 Å². The Morgan fingerprint density at radius 3 is 2.83 bits per heavy atom. The van der Waals surface area contributed by atoms with E-state index in [-0.39, 0.29) is 11.6 Å². The number of halogens is 1.